The minimum atomic E-state index is -0.814. The van der Waals surface area contributed by atoms with E-state index in [4.69, 9.17) is 0 Å². The van der Waals surface area contributed by atoms with Crippen LogP contribution in [-0.2, 0) is 0 Å². The second kappa shape index (κ2) is 7.20. The molecule has 2 aromatic rings. The monoisotopic (exact) mass is 358 g/mol. The number of carboxylic acid groups (broad SMARTS) is 1. The first kappa shape index (κ1) is 17.2. The number of para-hydroxylation sites is 1. The fourth-order valence-electron chi connectivity index (χ4n) is 4.21. The number of hydrogen-bond acceptors (Lipinski definition) is 5. The standard InChI is InChI=1S/C18H26N6O2/c1-21-10-12-22(13-11-21)17(14-6-8-23(9-7-14)18(25)26)24-16-5-3-2-4-15(16)19-20-24/h2-5,14,17H,6-13H2,1H3,(H,25,26). The van der Waals surface area contributed by atoms with Crippen molar-refractivity contribution in [3.05, 3.63) is 24.3 Å². The molecule has 1 N–H and O–H groups in total. The molecule has 1 unspecified atom stereocenters. The molecule has 1 atom stereocenters. The van der Waals surface area contributed by atoms with Crippen molar-refractivity contribution in [2.45, 2.75) is 19.0 Å². The molecule has 26 heavy (non-hydrogen) atoms. The van der Waals surface area contributed by atoms with Crippen molar-refractivity contribution in [3.8, 4) is 0 Å². The second-order valence-electron chi connectivity index (χ2n) is 7.38. The lowest BCUT2D eigenvalue weighted by Crippen LogP contribution is -2.51. The van der Waals surface area contributed by atoms with E-state index in [1.807, 2.05) is 18.2 Å². The van der Waals surface area contributed by atoms with Crippen LogP contribution >= 0.6 is 0 Å². The highest BCUT2D eigenvalue weighted by molar-refractivity contribution is 5.74. The molecule has 1 aromatic carbocycles. The maximum atomic E-state index is 11.3. The third kappa shape index (κ3) is 3.26. The highest BCUT2D eigenvalue weighted by atomic mass is 16.4. The van der Waals surface area contributed by atoms with Crippen molar-refractivity contribution in [2.24, 2.45) is 5.92 Å². The number of nitrogens with zero attached hydrogens (tertiary/aromatic N) is 6. The minimum absolute atomic E-state index is 0.132. The Morgan fingerprint density at radius 2 is 1.81 bits per heavy atom. The van der Waals surface area contributed by atoms with Crippen molar-refractivity contribution in [1.29, 1.82) is 0 Å². The fraction of sp³-hybridized carbons (Fsp3) is 0.611. The first-order valence-electron chi connectivity index (χ1n) is 9.34. The largest absolute Gasteiger partial charge is 0.465 e. The molecule has 8 heteroatoms. The van der Waals surface area contributed by atoms with E-state index in [0.29, 0.717) is 19.0 Å². The van der Waals surface area contributed by atoms with Gasteiger partial charge in [-0.05, 0) is 37.9 Å². The van der Waals surface area contributed by atoms with Gasteiger partial charge in [0.15, 0.2) is 0 Å². The number of hydrogen-bond donors (Lipinski definition) is 1. The van der Waals surface area contributed by atoms with Gasteiger partial charge in [-0.25, -0.2) is 9.48 Å². The molecule has 4 rings (SSSR count). The summed E-state index contributed by atoms with van der Waals surface area (Å²) >= 11 is 0. The van der Waals surface area contributed by atoms with Gasteiger partial charge in [-0.2, -0.15) is 0 Å². The van der Waals surface area contributed by atoms with Crippen LogP contribution in [0.25, 0.3) is 11.0 Å². The highest BCUT2D eigenvalue weighted by Crippen LogP contribution is 2.33. The summed E-state index contributed by atoms with van der Waals surface area (Å²) in [4.78, 5) is 17.6. The van der Waals surface area contributed by atoms with Gasteiger partial charge in [0.2, 0.25) is 0 Å². The molecule has 2 saturated heterocycles. The van der Waals surface area contributed by atoms with E-state index < -0.39 is 6.09 Å². The Balaban J connectivity index is 1.63. The molecule has 2 aliphatic heterocycles. The molecule has 2 fully saturated rings. The van der Waals surface area contributed by atoms with Gasteiger partial charge in [0, 0.05) is 39.3 Å². The molecule has 0 aliphatic carbocycles. The number of piperazine rings is 1. The normalized spacial score (nSPS) is 22.0. The summed E-state index contributed by atoms with van der Waals surface area (Å²) < 4.78 is 2.07. The van der Waals surface area contributed by atoms with E-state index in [2.05, 4.69) is 37.9 Å². The van der Waals surface area contributed by atoms with Gasteiger partial charge in [-0.3, -0.25) is 4.90 Å². The summed E-state index contributed by atoms with van der Waals surface area (Å²) in [6, 6.07) is 8.07. The summed E-state index contributed by atoms with van der Waals surface area (Å²) in [6.45, 7) is 5.25. The molecule has 8 nitrogen and oxygen atoms in total. The van der Waals surface area contributed by atoms with Gasteiger partial charge in [0.25, 0.3) is 0 Å². The number of piperidine rings is 1. The van der Waals surface area contributed by atoms with Crippen LogP contribution < -0.4 is 0 Å². The Kier molecular flexibility index (Phi) is 4.78. The van der Waals surface area contributed by atoms with Gasteiger partial charge >= 0.3 is 6.09 Å². The summed E-state index contributed by atoms with van der Waals surface area (Å²) in [5.74, 6) is 0.374. The number of benzene rings is 1. The van der Waals surface area contributed by atoms with Crippen LogP contribution in [0.2, 0.25) is 0 Å². The van der Waals surface area contributed by atoms with Gasteiger partial charge in [-0.1, -0.05) is 17.3 Å². The van der Waals surface area contributed by atoms with Crippen molar-refractivity contribution in [3.63, 3.8) is 0 Å². The van der Waals surface area contributed by atoms with Crippen LogP contribution in [0, 0.1) is 5.92 Å². The third-order valence-electron chi connectivity index (χ3n) is 5.77. The number of carbonyl (C=O) groups is 1. The molecule has 0 saturated carbocycles. The van der Waals surface area contributed by atoms with Crippen LogP contribution in [0.15, 0.2) is 24.3 Å². The Bertz CT molecular complexity index is 762. The predicted molar refractivity (Wildman–Crippen MR) is 98.0 cm³/mol. The number of fused-ring (bicyclic) bond motifs is 1. The topological polar surface area (TPSA) is 77.7 Å². The van der Waals surface area contributed by atoms with Crippen LogP contribution in [0.4, 0.5) is 4.79 Å². The van der Waals surface area contributed by atoms with E-state index in [0.717, 1.165) is 50.1 Å². The average molecular weight is 358 g/mol. The predicted octanol–water partition coefficient (Wildman–Crippen LogP) is 1.57. The molecule has 1 amide bonds. The molecule has 1 aromatic heterocycles. The number of likely N-dealkylation sites (N-methyl/N-ethyl adjacent to an activating group) is 1. The maximum Gasteiger partial charge on any atom is 0.407 e. The maximum absolute atomic E-state index is 11.3. The zero-order valence-electron chi connectivity index (χ0n) is 15.2. The average Bonchev–Trinajstić information content (AvgIpc) is 3.08. The van der Waals surface area contributed by atoms with Crippen molar-refractivity contribution in [1.82, 2.24) is 29.7 Å². The van der Waals surface area contributed by atoms with Crippen molar-refractivity contribution >= 4 is 17.1 Å². The van der Waals surface area contributed by atoms with Crippen LogP contribution in [-0.4, -0.2) is 87.2 Å². The van der Waals surface area contributed by atoms with Gasteiger partial charge in [0.1, 0.15) is 11.7 Å². The van der Waals surface area contributed by atoms with Crippen LogP contribution in [0.5, 0.6) is 0 Å². The van der Waals surface area contributed by atoms with E-state index in [1.165, 1.54) is 4.90 Å². The lowest BCUT2D eigenvalue weighted by atomic mass is 9.92. The second-order valence-corrected chi connectivity index (χ2v) is 7.38. The molecule has 3 heterocycles. The molecular weight excluding hydrogens is 332 g/mol. The summed E-state index contributed by atoms with van der Waals surface area (Å²) in [6.07, 6.45) is 1.03. The lowest BCUT2D eigenvalue weighted by Gasteiger charge is -2.43. The van der Waals surface area contributed by atoms with Crippen molar-refractivity contribution < 1.29 is 9.90 Å². The summed E-state index contributed by atoms with van der Waals surface area (Å²) in [7, 11) is 2.16. The first-order chi connectivity index (χ1) is 12.6. The number of likely N-dealkylation sites (tertiary alicyclic amines) is 1. The molecule has 2 aliphatic rings. The SMILES string of the molecule is CN1CCN(C(C2CCN(C(=O)O)CC2)n2nnc3ccccc32)CC1. The minimum Gasteiger partial charge on any atom is -0.465 e. The van der Waals surface area contributed by atoms with E-state index in [-0.39, 0.29) is 6.17 Å². The van der Waals surface area contributed by atoms with E-state index in [1.54, 1.807) is 0 Å². The van der Waals surface area contributed by atoms with Crippen molar-refractivity contribution in [2.75, 3.05) is 46.3 Å². The first-order valence-corrected chi connectivity index (χ1v) is 9.34. The number of rotatable bonds is 3. The third-order valence-corrected chi connectivity index (χ3v) is 5.77. The highest BCUT2D eigenvalue weighted by Gasteiger charge is 2.35. The summed E-state index contributed by atoms with van der Waals surface area (Å²) in [5, 5.41) is 18.1. The Labute approximate surface area is 153 Å². The number of amides is 1. The Hall–Kier alpha value is -2.19. The van der Waals surface area contributed by atoms with E-state index >= 15 is 0 Å². The quantitative estimate of drug-likeness (QED) is 0.897. The van der Waals surface area contributed by atoms with Gasteiger partial charge in [0.05, 0.1) is 5.52 Å². The fourth-order valence-corrected chi connectivity index (χ4v) is 4.21. The van der Waals surface area contributed by atoms with Gasteiger partial charge < -0.3 is 14.9 Å². The molecule has 0 radical (unpaired) electrons. The smallest absolute Gasteiger partial charge is 0.407 e. The Morgan fingerprint density at radius 3 is 2.50 bits per heavy atom. The molecule has 0 spiro atoms. The van der Waals surface area contributed by atoms with E-state index in [9.17, 15) is 9.90 Å². The molecule has 0 bridgehead atoms. The van der Waals surface area contributed by atoms with Crippen LogP contribution in [0.1, 0.15) is 19.0 Å². The number of aromatic nitrogens is 3. The summed E-state index contributed by atoms with van der Waals surface area (Å²) in [5.41, 5.74) is 1.96. The Morgan fingerprint density at radius 1 is 1.12 bits per heavy atom. The lowest BCUT2D eigenvalue weighted by molar-refractivity contribution is 0.0110. The zero-order chi connectivity index (χ0) is 18.1. The molecule has 140 valence electrons. The van der Waals surface area contributed by atoms with Gasteiger partial charge in [-0.15, -0.1) is 5.10 Å². The zero-order valence-corrected chi connectivity index (χ0v) is 15.2. The molecular formula is C18H26N6O2. The van der Waals surface area contributed by atoms with Crippen LogP contribution in [0.3, 0.4) is 0 Å².